The van der Waals surface area contributed by atoms with Crippen molar-refractivity contribution < 1.29 is 9.84 Å². The molecule has 0 spiro atoms. The predicted octanol–water partition coefficient (Wildman–Crippen LogP) is 2.96. The maximum Gasteiger partial charge on any atom is 0.153 e. The summed E-state index contributed by atoms with van der Waals surface area (Å²) in [4.78, 5) is 0.982. The van der Waals surface area contributed by atoms with E-state index in [0.717, 1.165) is 23.3 Å². The Morgan fingerprint density at radius 3 is 2.87 bits per heavy atom. The third-order valence-electron chi connectivity index (χ3n) is 2.72. The molecule has 0 radical (unpaired) electrons. The van der Waals surface area contributed by atoms with Gasteiger partial charge in [0.1, 0.15) is 5.76 Å². The van der Waals surface area contributed by atoms with Crippen LogP contribution in [-0.4, -0.2) is 11.7 Å². The Bertz CT molecular complexity index is 377. The molecule has 1 aromatic rings. The largest absolute Gasteiger partial charge is 0.495 e. The summed E-state index contributed by atoms with van der Waals surface area (Å²) in [5, 5.41) is 12.5. The van der Waals surface area contributed by atoms with E-state index in [-0.39, 0.29) is 0 Å². The van der Waals surface area contributed by atoms with Crippen LogP contribution in [0.2, 0.25) is 0 Å². The number of aryl methyl sites for hydroxylation is 1. The molecule has 0 saturated heterocycles. The molecule has 1 unspecified atom stereocenters. The van der Waals surface area contributed by atoms with Crippen LogP contribution >= 0.6 is 11.3 Å². The average Bonchev–Trinajstić information content (AvgIpc) is 2.66. The Balaban J connectivity index is 2.33. The Morgan fingerprint density at radius 1 is 1.53 bits per heavy atom. The number of hydrogen-bond donors (Lipinski definition) is 1. The smallest absolute Gasteiger partial charge is 0.153 e. The van der Waals surface area contributed by atoms with Crippen LogP contribution < -0.4 is 0 Å². The standard InChI is InChI=1S/C12H16O2S/c1-9-6-8-15-11(9)12(2,13)10-5-3-4-7-14-10/h5-6,8,13H,3-4,7H2,1-2H3. The molecule has 0 fully saturated rings. The first-order valence-corrected chi connectivity index (χ1v) is 6.10. The van der Waals surface area contributed by atoms with E-state index in [4.69, 9.17) is 4.74 Å². The molecule has 15 heavy (non-hydrogen) atoms. The Kier molecular flexibility index (Phi) is 2.85. The summed E-state index contributed by atoms with van der Waals surface area (Å²) in [5.74, 6) is 0.708. The van der Waals surface area contributed by atoms with E-state index >= 15 is 0 Å². The highest BCUT2D eigenvalue weighted by molar-refractivity contribution is 7.10. The third kappa shape index (κ3) is 1.94. The van der Waals surface area contributed by atoms with Gasteiger partial charge in [-0.25, -0.2) is 0 Å². The van der Waals surface area contributed by atoms with E-state index in [1.165, 1.54) is 0 Å². The van der Waals surface area contributed by atoms with Crippen molar-refractivity contribution in [3.8, 4) is 0 Å². The van der Waals surface area contributed by atoms with E-state index in [0.29, 0.717) is 12.4 Å². The second-order valence-corrected chi connectivity index (χ2v) is 4.98. The van der Waals surface area contributed by atoms with Gasteiger partial charge in [-0.3, -0.25) is 0 Å². The molecule has 1 aromatic heterocycles. The van der Waals surface area contributed by atoms with Gasteiger partial charge in [-0.2, -0.15) is 0 Å². The number of allylic oxidation sites excluding steroid dienone is 1. The average molecular weight is 224 g/mol. The van der Waals surface area contributed by atoms with Gasteiger partial charge in [0.15, 0.2) is 5.60 Å². The number of thiophene rings is 1. The van der Waals surface area contributed by atoms with Gasteiger partial charge >= 0.3 is 0 Å². The maximum atomic E-state index is 10.5. The fraction of sp³-hybridized carbons (Fsp3) is 0.500. The minimum Gasteiger partial charge on any atom is -0.495 e. The van der Waals surface area contributed by atoms with Gasteiger partial charge < -0.3 is 9.84 Å². The minimum atomic E-state index is -0.960. The first kappa shape index (κ1) is 10.7. The van der Waals surface area contributed by atoms with E-state index in [2.05, 4.69) is 0 Å². The van der Waals surface area contributed by atoms with Gasteiger partial charge in [-0.1, -0.05) is 0 Å². The van der Waals surface area contributed by atoms with Crippen LogP contribution in [-0.2, 0) is 10.3 Å². The van der Waals surface area contributed by atoms with Crippen LogP contribution in [0.4, 0.5) is 0 Å². The van der Waals surface area contributed by atoms with Crippen molar-refractivity contribution in [1.82, 2.24) is 0 Å². The second kappa shape index (κ2) is 3.99. The molecule has 2 rings (SSSR count). The van der Waals surface area contributed by atoms with Gasteiger partial charge in [-0.05, 0) is 49.8 Å². The molecule has 0 saturated carbocycles. The highest BCUT2D eigenvalue weighted by atomic mass is 32.1. The van der Waals surface area contributed by atoms with Gasteiger partial charge in [0.25, 0.3) is 0 Å². The van der Waals surface area contributed by atoms with E-state index < -0.39 is 5.60 Å². The van der Waals surface area contributed by atoms with Crippen molar-refractivity contribution in [2.24, 2.45) is 0 Å². The van der Waals surface area contributed by atoms with Gasteiger partial charge in [0.2, 0.25) is 0 Å². The van der Waals surface area contributed by atoms with Crippen LogP contribution in [0, 0.1) is 6.92 Å². The van der Waals surface area contributed by atoms with Crippen molar-refractivity contribution in [1.29, 1.82) is 0 Å². The molecule has 1 N–H and O–H groups in total. The SMILES string of the molecule is Cc1ccsc1C(C)(O)C1=CCCCO1. The molecule has 0 aromatic carbocycles. The molecule has 3 heteroatoms. The summed E-state index contributed by atoms with van der Waals surface area (Å²) >= 11 is 1.58. The first-order chi connectivity index (χ1) is 7.12. The molecule has 0 amide bonds. The van der Waals surface area contributed by atoms with Gasteiger partial charge in [0, 0.05) is 4.88 Å². The molecule has 0 aliphatic carbocycles. The topological polar surface area (TPSA) is 29.5 Å². The summed E-state index contributed by atoms with van der Waals surface area (Å²) < 4.78 is 5.54. The fourth-order valence-electron chi connectivity index (χ4n) is 1.88. The van der Waals surface area contributed by atoms with Crippen LogP contribution in [0.3, 0.4) is 0 Å². The number of aliphatic hydroxyl groups is 1. The van der Waals surface area contributed by atoms with Crippen LogP contribution in [0.15, 0.2) is 23.3 Å². The third-order valence-corrected chi connectivity index (χ3v) is 3.95. The lowest BCUT2D eigenvalue weighted by atomic mass is 9.97. The molecule has 1 atom stereocenters. The predicted molar refractivity (Wildman–Crippen MR) is 61.9 cm³/mol. The van der Waals surface area contributed by atoms with Crippen molar-refractivity contribution in [3.05, 3.63) is 33.7 Å². The summed E-state index contributed by atoms with van der Waals surface area (Å²) in [6.07, 6.45) is 4.04. The van der Waals surface area contributed by atoms with Crippen molar-refractivity contribution >= 4 is 11.3 Å². The summed E-state index contributed by atoms with van der Waals surface area (Å²) in [7, 11) is 0. The van der Waals surface area contributed by atoms with Crippen LogP contribution in [0.1, 0.15) is 30.2 Å². The lowest BCUT2D eigenvalue weighted by Gasteiger charge is -2.28. The van der Waals surface area contributed by atoms with Crippen molar-refractivity contribution in [3.63, 3.8) is 0 Å². The molecule has 2 heterocycles. The maximum absolute atomic E-state index is 10.5. The van der Waals surface area contributed by atoms with E-state index in [1.807, 2.05) is 31.4 Å². The first-order valence-electron chi connectivity index (χ1n) is 5.23. The van der Waals surface area contributed by atoms with Gasteiger partial charge in [0.05, 0.1) is 6.61 Å². The van der Waals surface area contributed by atoms with Crippen LogP contribution in [0.25, 0.3) is 0 Å². The van der Waals surface area contributed by atoms with Crippen LogP contribution in [0.5, 0.6) is 0 Å². The normalized spacial score (nSPS) is 20.3. The minimum absolute atomic E-state index is 0.708. The number of rotatable bonds is 2. The second-order valence-electron chi connectivity index (χ2n) is 4.06. The lowest BCUT2D eigenvalue weighted by molar-refractivity contribution is 0.0173. The molecule has 2 nitrogen and oxygen atoms in total. The fourth-order valence-corrected chi connectivity index (χ4v) is 2.87. The molecule has 1 aliphatic rings. The Hall–Kier alpha value is -0.800. The summed E-state index contributed by atoms with van der Waals surface area (Å²) in [5.41, 5.74) is 0.165. The summed E-state index contributed by atoms with van der Waals surface area (Å²) in [6, 6.07) is 2.03. The lowest BCUT2D eigenvalue weighted by Crippen LogP contribution is -2.27. The Morgan fingerprint density at radius 2 is 2.33 bits per heavy atom. The zero-order valence-corrected chi connectivity index (χ0v) is 9.93. The van der Waals surface area contributed by atoms with E-state index in [9.17, 15) is 5.11 Å². The zero-order valence-electron chi connectivity index (χ0n) is 9.12. The highest BCUT2D eigenvalue weighted by Gasteiger charge is 2.33. The van der Waals surface area contributed by atoms with Gasteiger partial charge in [-0.15, -0.1) is 11.3 Å². The highest BCUT2D eigenvalue weighted by Crippen LogP contribution is 2.36. The molecular formula is C12H16O2S. The molecular weight excluding hydrogens is 208 g/mol. The number of ether oxygens (including phenoxy) is 1. The molecule has 82 valence electrons. The monoisotopic (exact) mass is 224 g/mol. The molecule has 0 bridgehead atoms. The van der Waals surface area contributed by atoms with E-state index in [1.54, 1.807) is 11.3 Å². The quantitative estimate of drug-likeness (QED) is 0.837. The van der Waals surface area contributed by atoms with Crippen molar-refractivity contribution in [2.45, 2.75) is 32.3 Å². The number of hydrogen-bond acceptors (Lipinski definition) is 3. The van der Waals surface area contributed by atoms with Crippen molar-refractivity contribution in [2.75, 3.05) is 6.61 Å². The zero-order chi connectivity index (χ0) is 10.9. The summed E-state index contributed by atoms with van der Waals surface area (Å²) in [6.45, 7) is 4.54. The molecule has 1 aliphatic heterocycles. The Labute approximate surface area is 94.2 Å².